The van der Waals surface area contributed by atoms with Gasteiger partial charge < -0.3 is 47.4 Å². The molecule has 12 heteroatoms. The van der Waals surface area contributed by atoms with Crippen LogP contribution in [0.1, 0.15) is 45.9 Å². The Balaban J connectivity index is 1.10. The van der Waals surface area contributed by atoms with Crippen LogP contribution in [0.25, 0.3) is 0 Å². The number of hydrogen-bond donors (Lipinski definition) is 0. The normalized spacial score (nSPS) is 23.6. The van der Waals surface area contributed by atoms with Crippen molar-refractivity contribution < 1.29 is 52.2 Å². The van der Waals surface area contributed by atoms with Gasteiger partial charge in [-0.2, -0.15) is 0 Å². The van der Waals surface area contributed by atoms with E-state index in [-0.39, 0.29) is 46.2 Å². The lowest BCUT2D eigenvalue weighted by Gasteiger charge is -2.49. The summed E-state index contributed by atoms with van der Waals surface area (Å²) in [5.41, 5.74) is 5.18. The van der Waals surface area contributed by atoms with Gasteiger partial charge in [-0.15, -0.1) is 0 Å². The molecule has 0 saturated carbocycles. The number of benzene rings is 7. The molecule has 10 atom stereocenters. The summed E-state index contributed by atoms with van der Waals surface area (Å²) in [5.74, 6) is -0.504. The first-order valence-electron chi connectivity index (χ1n) is 25.7. The van der Waals surface area contributed by atoms with E-state index >= 15 is 0 Å². The van der Waals surface area contributed by atoms with Crippen molar-refractivity contribution >= 4 is 17.7 Å². The zero-order valence-electron chi connectivity index (χ0n) is 42.2. The van der Waals surface area contributed by atoms with Gasteiger partial charge in [0.25, 0.3) is 0 Å². The Morgan fingerprint density at radius 3 is 0.907 bits per heavy atom. The highest BCUT2D eigenvalue weighted by Crippen LogP contribution is 2.42. The number of esters is 1. The van der Waals surface area contributed by atoms with E-state index in [1.165, 1.54) is 18.7 Å². The summed E-state index contributed by atoms with van der Waals surface area (Å²) < 4.78 is 69.0. The first-order chi connectivity index (χ1) is 37.0. The molecular formula is C63H66O11S. The van der Waals surface area contributed by atoms with E-state index in [1.807, 2.05) is 212 Å². The van der Waals surface area contributed by atoms with E-state index in [0.717, 1.165) is 38.9 Å². The summed E-state index contributed by atoms with van der Waals surface area (Å²) in [6, 6.07) is 70.0. The predicted octanol–water partition coefficient (Wildman–Crippen LogP) is 11.5. The van der Waals surface area contributed by atoms with Crippen molar-refractivity contribution in [3.8, 4) is 0 Å². The van der Waals surface area contributed by atoms with E-state index < -0.39 is 65.7 Å². The topological polar surface area (TPSA) is 109 Å². The average Bonchev–Trinajstić information content (AvgIpc) is 3.45. The number of ether oxygens (including phenoxy) is 10. The Kier molecular flexibility index (Phi) is 20.6. The SMILES string of the molecule is CC(=O)O[C@H]1[C@@H](OCc2ccccc2)[C@H](OCc2ccccc2)[C@@H](COCc2ccccc2)O[C@H]1S[C@H]1O[C@H](COCc2ccccc2)[C@@H](OCc2ccccc2)[C@H](OCc2ccccc2)[C@H]1OCc1ccccc1. The molecule has 2 saturated heterocycles. The number of rotatable bonds is 26. The lowest BCUT2D eigenvalue weighted by Crippen LogP contribution is -2.63. The molecule has 7 aromatic carbocycles. The van der Waals surface area contributed by atoms with Crippen LogP contribution in [-0.4, -0.2) is 78.9 Å². The van der Waals surface area contributed by atoms with Gasteiger partial charge in [-0.05, 0) is 38.9 Å². The maximum Gasteiger partial charge on any atom is 0.303 e. The minimum atomic E-state index is -0.996. The Morgan fingerprint density at radius 1 is 0.347 bits per heavy atom. The van der Waals surface area contributed by atoms with Crippen molar-refractivity contribution in [3.05, 3.63) is 251 Å². The minimum absolute atomic E-state index is 0.136. The molecule has 0 amide bonds. The van der Waals surface area contributed by atoms with Crippen LogP contribution in [0.4, 0.5) is 0 Å². The maximum atomic E-state index is 13.5. The number of hydrogen-bond acceptors (Lipinski definition) is 12. The van der Waals surface area contributed by atoms with Crippen LogP contribution < -0.4 is 0 Å². The van der Waals surface area contributed by atoms with Crippen molar-refractivity contribution in [1.29, 1.82) is 0 Å². The van der Waals surface area contributed by atoms with Gasteiger partial charge in [0, 0.05) is 6.92 Å². The molecule has 0 aromatic heterocycles. The van der Waals surface area contributed by atoms with Crippen molar-refractivity contribution in [1.82, 2.24) is 0 Å². The molecule has 2 heterocycles. The van der Waals surface area contributed by atoms with Gasteiger partial charge in [-0.25, -0.2) is 0 Å². The quantitative estimate of drug-likeness (QED) is 0.0482. The average molecular weight is 1030 g/mol. The smallest absolute Gasteiger partial charge is 0.303 e. The first-order valence-corrected chi connectivity index (χ1v) is 26.6. The molecular weight excluding hydrogens is 965 g/mol. The molecule has 0 unspecified atom stereocenters. The largest absolute Gasteiger partial charge is 0.456 e. The maximum absolute atomic E-state index is 13.5. The van der Waals surface area contributed by atoms with Crippen molar-refractivity contribution in [2.75, 3.05) is 13.2 Å². The highest BCUT2D eigenvalue weighted by molar-refractivity contribution is 8.00. The molecule has 7 aromatic rings. The summed E-state index contributed by atoms with van der Waals surface area (Å²) in [6.07, 6.45) is -6.09. The lowest BCUT2D eigenvalue weighted by molar-refractivity contribution is -0.259. The minimum Gasteiger partial charge on any atom is -0.456 e. The van der Waals surface area contributed by atoms with Crippen molar-refractivity contribution in [2.24, 2.45) is 0 Å². The van der Waals surface area contributed by atoms with Crippen LogP contribution in [0, 0.1) is 0 Å². The third-order valence-corrected chi connectivity index (χ3v) is 14.3. The van der Waals surface area contributed by atoms with Crippen LogP contribution in [0.2, 0.25) is 0 Å². The second-order valence-electron chi connectivity index (χ2n) is 18.6. The second kappa shape index (κ2) is 28.8. The van der Waals surface area contributed by atoms with Crippen LogP contribution >= 0.6 is 11.8 Å². The third-order valence-electron chi connectivity index (χ3n) is 13.0. The Hall–Kier alpha value is -6.00. The van der Waals surface area contributed by atoms with Gasteiger partial charge >= 0.3 is 5.97 Å². The molecule has 0 radical (unpaired) electrons. The van der Waals surface area contributed by atoms with E-state index in [9.17, 15) is 4.79 Å². The van der Waals surface area contributed by atoms with Gasteiger partial charge in [-0.3, -0.25) is 4.79 Å². The zero-order chi connectivity index (χ0) is 51.3. The Bertz CT molecular complexity index is 2680. The van der Waals surface area contributed by atoms with Gasteiger partial charge in [0.05, 0.1) is 59.5 Å². The molecule has 0 N–H and O–H groups in total. The molecule has 11 nitrogen and oxygen atoms in total. The van der Waals surface area contributed by atoms with Crippen molar-refractivity contribution in [3.63, 3.8) is 0 Å². The van der Waals surface area contributed by atoms with E-state index in [0.29, 0.717) is 13.2 Å². The monoisotopic (exact) mass is 1030 g/mol. The van der Waals surface area contributed by atoms with E-state index in [2.05, 4.69) is 0 Å². The number of carbonyl (C=O) groups excluding carboxylic acids is 1. The van der Waals surface area contributed by atoms with Gasteiger partial charge in [-0.1, -0.05) is 224 Å². The Morgan fingerprint density at radius 2 is 0.600 bits per heavy atom. The lowest BCUT2D eigenvalue weighted by atomic mass is 9.98. The molecule has 390 valence electrons. The van der Waals surface area contributed by atoms with Crippen LogP contribution in [0.5, 0.6) is 0 Å². The van der Waals surface area contributed by atoms with Crippen LogP contribution in [-0.2, 0) is 98.4 Å². The number of thioether (sulfide) groups is 1. The van der Waals surface area contributed by atoms with Gasteiger partial charge in [0.1, 0.15) is 53.6 Å². The summed E-state index contributed by atoms with van der Waals surface area (Å²) >= 11 is 1.36. The Labute approximate surface area is 445 Å². The summed E-state index contributed by atoms with van der Waals surface area (Å²) in [5, 5.41) is 0. The summed E-state index contributed by atoms with van der Waals surface area (Å²) in [4.78, 5) is 13.5. The van der Waals surface area contributed by atoms with Gasteiger partial charge in [0.15, 0.2) is 6.10 Å². The van der Waals surface area contributed by atoms with E-state index in [4.69, 9.17) is 47.4 Å². The highest BCUT2D eigenvalue weighted by Gasteiger charge is 2.54. The van der Waals surface area contributed by atoms with Gasteiger partial charge in [0.2, 0.25) is 0 Å². The molecule has 0 aliphatic carbocycles. The standard InChI is InChI=1S/C63H66O11S/c1-46(64)72-61-59(70-42-52-33-19-7-20-34-52)57(68-40-50-29-15-5-16-30-50)55(45-66-38-48-25-11-3-12-26-48)74-63(61)75-62-60(71-43-53-35-21-8-22-36-53)58(69-41-51-31-17-6-18-32-51)56(67-39-49-27-13-4-14-28-49)54(73-62)44-65-37-47-23-9-2-10-24-47/h2-36,54-63H,37-45H2,1H3/t54-,55-,56-,57-,58+,59+,60-,61+,62-,63+/m1/s1. The second-order valence-corrected chi connectivity index (χ2v) is 19.8. The molecule has 2 aliphatic rings. The van der Waals surface area contributed by atoms with E-state index in [1.54, 1.807) is 0 Å². The molecule has 9 rings (SSSR count). The zero-order valence-corrected chi connectivity index (χ0v) is 43.1. The molecule has 75 heavy (non-hydrogen) atoms. The molecule has 2 fully saturated rings. The molecule has 0 spiro atoms. The molecule has 2 aliphatic heterocycles. The third kappa shape index (κ3) is 16.3. The first kappa shape index (κ1) is 53.8. The molecule has 0 bridgehead atoms. The number of carbonyl (C=O) groups is 1. The fraction of sp³-hybridized carbons (Fsp3) is 0.317. The summed E-state index contributed by atoms with van der Waals surface area (Å²) in [6.45, 7) is 3.64. The van der Waals surface area contributed by atoms with Crippen molar-refractivity contribution in [2.45, 2.75) is 113 Å². The fourth-order valence-corrected chi connectivity index (χ4v) is 10.7. The fourth-order valence-electron chi connectivity index (χ4n) is 9.22. The van der Waals surface area contributed by atoms with Crippen LogP contribution in [0.15, 0.2) is 212 Å². The predicted molar refractivity (Wildman–Crippen MR) is 288 cm³/mol. The highest BCUT2D eigenvalue weighted by atomic mass is 32.2. The van der Waals surface area contributed by atoms with Crippen LogP contribution in [0.3, 0.4) is 0 Å². The summed E-state index contributed by atoms with van der Waals surface area (Å²) in [7, 11) is 0.